The monoisotopic (exact) mass is 454 g/mol. The highest BCUT2D eigenvalue weighted by Crippen LogP contribution is 2.44. The van der Waals surface area contributed by atoms with Gasteiger partial charge in [0, 0.05) is 56.4 Å². The molecule has 0 atom stereocenters. The molecule has 4 nitrogen and oxygen atoms in total. The fraction of sp³-hybridized carbons (Fsp3) is 0.148. The van der Waals surface area contributed by atoms with Crippen molar-refractivity contribution in [3.05, 3.63) is 77.3 Å². The Morgan fingerprint density at radius 2 is 1.85 bits per heavy atom. The van der Waals surface area contributed by atoms with Gasteiger partial charge in [0.05, 0.1) is 11.4 Å². The smallest absolute Gasteiger partial charge is 0.139 e. The van der Waals surface area contributed by atoms with E-state index in [0.717, 1.165) is 55.0 Å². The molecule has 33 heavy (non-hydrogen) atoms. The number of hydrogen-bond acceptors (Lipinski definition) is 2. The molecule has 2 aromatic carbocycles. The molecule has 164 valence electrons. The van der Waals surface area contributed by atoms with Crippen LogP contribution in [0.5, 0.6) is 0 Å². The Labute approximate surface area is 194 Å². The van der Waals surface area contributed by atoms with Gasteiger partial charge in [-0.1, -0.05) is 26.0 Å². The van der Waals surface area contributed by atoms with Crippen molar-refractivity contribution in [3.63, 3.8) is 0 Å². The van der Waals surface area contributed by atoms with Gasteiger partial charge in [-0.2, -0.15) is 0 Å². The summed E-state index contributed by atoms with van der Waals surface area (Å²) in [5.74, 6) is -0.00544. The van der Waals surface area contributed by atoms with Crippen LogP contribution in [0.25, 0.3) is 54.9 Å². The summed E-state index contributed by atoms with van der Waals surface area (Å²) >= 11 is 1.62. The van der Waals surface area contributed by atoms with Crippen molar-refractivity contribution >= 4 is 33.1 Å². The maximum Gasteiger partial charge on any atom is 0.139 e. The first-order valence-corrected chi connectivity index (χ1v) is 11.9. The Balaban J connectivity index is 1.63. The molecular weight excluding hydrogens is 431 g/mol. The normalized spacial score (nSPS) is 11.9. The van der Waals surface area contributed by atoms with E-state index in [9.17, 15) is 4.39 Å². The van der Waals surface area contributed by atoms with Gasteiger partial charge in [-0.15, -0.1) is 11.3 Å². The summed E-state index contributed by atoms with van der Waals surface area (Å²) in [5, 5.41) is 5.13. The summed E-state index contributed by atoms with van der Waals surface area (Å²) in [6, 6.07) is 13.7. The van der Waals surface area contributed by atoms with Crippen LogP contribution in [0, 0.1) is 12.7 Å². The van der Waals surface area contributed by atoms with E-state index < -0.39 is 0 Å². The van der Waals surface area contributed by atoms with Crippen LogP contribution >= 0.6 is 11.3 Å². The molecule has 3 N–H and O–H groups in total. The van der Waals surface area contributed by atoms with Crippen molar-refractivity contribution in [1.29, 1.82) is 0 Å². The minimum atomic E-state index is -0.246. The third-order valence-electron chi connectivity index (χ3n) is 6.30. The van der Waals surface area contributed by atoms with Gasteiger partial charge in [-0.05, 0) is 54.3 Å². The lowest BCUT2D eigenvalue weighted by Gasteiger charge is -2.14. The van der Waals surface area contributed by atoms with Gasteiger partial charge < -0.3 is 15.0 Å². The molecule has 0 aliphatic carbocycles. The summed E-state index contributed by atoms with van der Waals surface area (Å²) in [6.07, 6.45) is 3.69. The number of benzene rings is 2. The molecule has 0 bridgehead atoms. The lowest BCUT2D eigenvalue weighted by molar-refractivity contribution is 0.630. The highest BCUT2D eigenvalue weighted by Gasteiger charge is 2.24. The standard InChI is InChI=1S/C27H23FN4S/c1-14(2)24-25(15(3)31-26(24)20-11-16(28)12-22-17(20)7-8-29-22)18-5-4-6-21-19(18)13-23(32-21)27-30-9-10-33-27/h4-14,29,31-32H,1-3H3. The van der Waals surface area contributed by atoms with Crippen molar-refractivity contribution in [2.45, 2.75) is 26.7 Å². The molecule has 0 amide bonds. The van der Waals surface area contributed by atoms with Crippen LogP contribution < -0.4 is 0 Å². The highest BCUT2D eigenvalue weighted by atomic mass is 32.1. The van der Waals surface area contributed by atoms with Gasteiger partial charge in [-0.25, -0.2) is 9.37 Å². The van der Waals surface area contributed by atoms with E-state index in [2.05, 4.69) is 65.0 Å². The fourth-order valence-electron chi connectivity index (χ4n) is 4.96. The first-order valence-electron chi connectivity index (χ1n) is 11.0. The van der Waals surface area contributed by atoms with Crippen molar-refractivity contribution < 1.29 is 4.39 Å². The van der Waals surface area contributed by atoms with E-state index >= 15 is 0 Å². The molecule has 0 saturated carbocycles. The summed E-state index contributed by atoms with van der Waals surface area (Å²) in [5.41, 5.74) is 9.38. The van der Waals surface area contributed by atoms with Crippen LogP contribution in [0.4, 0.5) is 4.39 Å². The van der Waals surface area contributed by atoms with Crippen LogP contribution in [0.1, 0.15) is 31.0 Å². The van der Waals surface area contributed by atoms with Gasteiger partial charge in [0.2, 0.25) is 0 Å². The molecule has 6 aromatic rings. The third-order valence-corrected chi connectivity index (χ3v) is 7.11. The van der Waals surface area contributed by atoms with E-state index in [-0.39, 0.29) is 11.7 Å². The van der Waals surface area contributed by atoms with Crippen LogP contribution in [-0.2, 0) is 0 Å². The second-order valence-electron chi connectivity index (χ2n) is 8.75. The zero-order chi connectivity index (χ0) is 22.7. The molecule has 0 aliphatic rings. The van der Waals surface area contributed by atoms with Gasteiger partial charge in [0.25, 0.3) is 0 Å². The second-order valence-corrected chi connectivity index (χ2v) is 9.64. The molecule has 6 rings (SSSR count). The largest absolute Gasteiger partial charge is 0.361 e. The fourth-order valence-corrected chi connectivity index (χ4v) is 5.57. The first kappa shape index (κ1) is 20.0. The number of nitrogens with one attached hydrogen (secondary N) is 3. The average Bonchev–Trinajstić information content (AvgIpc) is 3.56. The highest BCUT2D eigenvalue weighted by molar-refractivity contribution is 7.13. The number of H-pyrrole nitrogens is 3. The SMILES string of the molecule is Cc1[nH]c(-c2cc(F)cc3[nH]ccc23)c(C(C)C)c1-c1cccc2[nH]c(-c3nccs3)cc12. The maximum absolute atomic E-state index is 14.5. The number of rotatable bonds is 4. The minimum Gasteiger partial charge on any atom is -0.361 e. The van der Waals surface area contributed by atoms with Crippen LogP contribution in [0.3, 0.4) is 0 Å². The number of halogens is 1. The topological polar surface area (TPSA) is 60.3 Å². The number of aromatic nitrogens is 4. The molecule has 4 heterocycles. The second kappa shape index (κ2) is 7.46. The van der Waals surface area contributed by atoms with Crippen molar-refractivity contribution in [3.8, 4) is 33.1 Å². The number of nitrogens with zero attached hydrogens (tertiary/aromatic N) is 1. The van der Waals surface area contributed by atoms with E-state index in [4.69, 9.17) is 0 Å². The molecule has 0 saturated heterocycles. The molecule has 4 aromatic heterocycles. The molecule has 0 radical (unpaired) electrons. The zero-order valence-corrected chi connectivity index (χ0v) is 19.4. The zero-order valence-electron chi connectivity index (χ0n) is 18.6. The number of aromatic amines is 3. The predicted molar refractivity (Wildman–Crippen MR) is 135 cm³/mol. The summed E-state index contributed by atoms with van der Waals surface area (Å²) in [7, 11) is 0. The Kier molecular flexibility index (Phi) is 4.52. The van der Waals surface area contributed by atoms with Gasteiger partial charge >= 0.3 is 0 Å². The number of thiazole rings is 1. The molecule has 0 spiro atoms. The van der Waals surface area contributed by atoms with E-state index in [1.54, 1.807) is 23.5 Å². The Morgan fingerprint density at radius 1 is 0.970 bits per heavy atom. The van der Waals surface area contributed by atoms with Crippen molar-refractivity contribution in [2.24, 2.45) is 0 Å². The molecule has 0 fully saturated rings. The number of hydrogen-bond donors (Lipinski definition) is 3. The minimum absolute atomic E-state index is 0.241. The molecular formula is C27H23FN4S. The van der Waals surface area contributed by atoms with Gasteiger partial charge in [0.15, 0.2) is 0 Å². The maximum atomic E-state index is 14.5. The summed E-state index contributed by atoms with van der Waals surface area (Å²) in [6.45, 7) is 6.49. The Bertz CT molecular complexity index is 1620. The number of aryl methyl sites for hydroxylation is 1. The van der Waals surface area contributed by atoms with Crippen LogP contribution in [-0.4, -0.2) is 19.9 Å². The number of fused-ring (bicyclic) bond motifs is 2. The molecule has 0 unspecified atom stereocenters. The van der Waals surface area contributed by atoms with Crippen molar-refractivity contribution in [2.75, 3.05) is 0 Å². The van der Waals surface area contributed by atoms with E-state index in [0.29, 0.717) is 0 Å². The van der Waals surface area contributed by atoms with Crippen LogP contribution in [0.2, 0.25) is 0 Å². The quantitative estimate of drug-likeness (QED) is 0.248. The average molecular weight is 455 g/mol. The third kappa shape index (κ3) is 3.13. The summed E-state index contributed by atoms with van der Waals surface area (Å²) in [4.78, 5) is 14.8. The van der Waals surface area contributed by atoms with Gasteiger partial charge in [0.1, 0.15) is 10.8 Å². The lowest BCUT2D eigenvalue weighted by atomic mass is 9.89. The lowest BCUT2D eigenvalue weighted by Crippen LogP contribution is -1.94. The van der Waals surface area contributed by atoms with E-state index in [1.165, 1.54) is 11.1 Å². The molecule has 0 aliphatic heterocycles. The Morgan fingerprint density at radius 3 is 2.64 bits per heavy atom. The van der Waals surface area contributed by atoms with E-state index in [1.807, 2.05) is 23.8 Å². The van der Waals surface area contributed by atoms with Crippen molar-refractivity contribution in [1.82, 2.24) is 19.9 Å². The van der Waals surface area contributed by atoms with Gasteiger partial charge in [-0.3, -0.25) is 0 Å². The molecule has 6 heteroatoms. The Hall–Kier alpha value is -3.64. The van der Waals surface area contributed by atoms with Crippen LogP contribution in [0.15, 0.2) is 60.2 Å². The summed E-state index contributed by atoms with van der Waals surface area (Å²) < 4.78 is 14.5. The predicted octanol–water partition coefficient (Wildman–Crippen LogP) is 8.01. The first-order chi connectivity index (χ1) is 16.0.